The molecule has 8 nitrogen and oxygen atoms in total. The minimum absolute atomic E-state index is 0.212. The minimum Gasteiger partial charge on any atom is -0.480 e. The average molecular weight is 348 g/mol. The predicted molar refractivity (Wildman–Crippen MR) is 90.0 cm³/mol. The maximum absolute atomic E-state index is 12.6. The fraction of sp³-hybridized carbons (Fsp3) is 0.588. The Morgan fingerprint density at radius 2 is 2.04 bits per heavy atom. The third-order valence-corrected chi connectivity index (χ3v) is 3.96. The predicted octanol–water partition coefficient (Wildman–Crippen LogP) is 1.48. The number of carboxylic acid groups (broad SMARTS) is 1. The van der Waals surface area contributed by atoms with Gasteiger partial charge in [0.15, 0.2) is 0 Å². The van der Waals surface area contributed by atoms with Crippen LogP contribution in [-0.4, -0.2) is 58.7 Å². The number of carbonyl (C=O) groups excluding carboxylic acids is 1. The van der Waals surface area contributed by atoms with Gasteiger partial charge in [0.2, 0.25) is 0 Å². The molecule has 2 aliphatic rings. The first-order valence-corrected chi connectivity index (χ1v) is 8.19. The first-order chi connectivity index (χ1) is 11.7. The Morgan fingerprint density at radius 3 is 2.56 bits per heavy atom. The molecule has 1 unspecified atom stereocenters. The van der Waals surface area contributed by atoms with Gasteiger partial charge in [-0.25, -0.2) is 9.69 Å². The van der Waals surface area contributed by atoms with E-state index in [2.05, 4.69) is 5.32 Å². The molecular formula is C17H24N4O4. The highest BCUT2D eigenvalue weighted by Crippen LogP contribution is 2.34. The summed E-state index contributed by atoms with van der Waals surface area (Å²) in [5, 5.41) is 21.9. The fourth-order valence-corrected chi connectivity index (χ4v) is 2.68. The van der Waals surface area contributed by atoms with Crippen molar-refractivity contribution in [1.29, 1.82) is 5.26 Å². The number of nitrogens with one attached hydrogen (secondary N) is 1. The van der Waals surface area contributed by atoms with Crippen molar-refractivity contribution in [2.24, 2.45) is 5.41 Å². The molecule has 8 heteroatoms. The van der Waals surface area contributed by atoms with Crippen LogP contribution in [0.3, 0.4) is 0 Å². The van der Waals surface area contributed by atoms with Gasteiger partial charge in [0.25, 0.3) is 0 Å². The molecule has 0 bridgehead atoms. The van der Waals surface area contributed by atoms with E-state index in [1.807, 2.05) is 11.0 Å². The lowest BCUT2D eigenvalue weighted by atomic mass is 9.83. The van der Waals surface area contributed by atoms with Crippen molar-refractivity contribution in [3.05, 3.63) is 24.2 Å². The molecule has 0 aromatic rings. The zero-order valence-electron chi connectivity index (χ0n) is 14.8. The number of hydrogen-bond acceptors (Lipinski definition) is 6. The molecule has 0 spiro atoms. The third-order valence-electron chi connectivity index (χ3n) is 3.96. The number of aliphatic carboxylic acids is 1. The molecular weight excluding hydrogens is 324 g/mol. The van der Waals surface area contributed by atoms with Gasteiger partial charge in [0, 0.05) is 32.4 Å². The van der Waals surface area contributed by atoms with E-state index in [-0.39, 0.29) is 6.42 Å². The van der Waals surface area contributed by atoms with Gasteiger partial charge in [0.1, 0.15) is 16.8 Å². The summed E-state index contributed by atoms with van der Waals surface area (Å²) in [6.45, 7) is 8.00. The Hall–Kier alpha value is -2.53. The number of piperazine rings is 1. The maximum atomic E-state index is 12.6. The van der Waals surface area contributed by atoms with Gasteiger partial charge in [-0.15, -0.1) is 0 Å². The Bertz CT molecular complexity index is 638. The van der Waals surface area contributed by atoms with Gasteiger partial charge in [-0.1, -0.05) is 0 Å². The van der Waals surface area contributed by atoms with Crippen molar-refractivity contribution in [2.45, 2.75) is 32.8 Å². The number of amides is 1. The van der Waals surface area contributed by atoms with Crippen molar-refractivity contribution in [3.8, 4) is 6.07 Å². The van der Waals surface area contributed by atoms with E-state index in [4.69, 9.17) is 10.00 Å². The molecule has 2 aliphatic heterocycles. The number of nitriles is 1. The molecule has 0 aromatic carbocycles. The second kappa shape index (κ2) is 7.15. The van der Waals surface area contributed by atoms with E-state index in [1.54, 1.807) is 20.8 Å². The van der Waals surface area contributed by atoms with E-state index in [0.717, 1.165) is 13.1 Å². The van der Waals surface area contributed by atoms with Crippen LogP contribution in [0.15, 0.2) is 24.2 Å². The number of carbonyl (C=O) groups is 2. The van der Waals surface area contributed by atoms with Crippen LogP contribution in [0.4, 0.5) is 4.79 Å². The van der Waals surface area contributed by atoms with Crippen LogP contribution < -0.4 is 5.32 Å². The lowest BCUT2D eigenvalue weighted by Crippen LogP contribution is -2.49. The monoisotopic (exact) mass is 348 g/mol. The number of rotatable bonds is 3. The molecule has 0 aliphatic carbocycles. The number of hydrogen-bond donors (Lipinski definition) is 2. The largest absolute Gasteiger partial charge is 0.480 e. The normalized spacial score (nSPS) is 23.7. The number of nitrogens with zero attached hydrogens (tertiary/aromatic N) is 3. The molecule has 25 heavy (non-hydrogen) atoms. The van der Waals surface area contributed by atoms with Gasteiger partial charge in [-0.05, 0) is 32.9 Å². The highest BCUT2D eigenvalue weighted by atomic mass is 16.6. The second-order valence-electron chi connectivity index (χ2n) is 7.09. The molecule has 0 aromatic heterocycles. The summed E-state index contributed by atoms with van der Waals surface area (Å²) >= 11 is 0. The van der Waals surface area contributed by atoms with Crippen LogP contribution in [0.25, 0.3) is 0 Å². The van der Waals surface area contributed by atoms with Crippen LogP contribution in [0.5, 0.6) is 0 Å². The molecule has 136 valence electrons. The van der Waals surface area contributed by atoms with Crippen LogP contribution in [0, 0.1) is 16.7 Å². The van der Waals surface area contributed by atoms with Crippen molar-refractivity contribution in [2.75, 3.05) is 26.2 Å². The molecule has 2 rings (SSSR count). The standard InChI is InChI=1S/C17H24N4O4/c1-16(2,3)25-15(24)21-9-5-17(4-6-18,14(22)23)12-13(21)20-10-7-19-8-11-20/h5,9,12,19H,4,7-8,10-11H2,1-3H3,(H,22,23). The zero-order valence-corrected chi connectivity index (χ0v) is 14.8. The summed E-state index contributed by atoms with van der Waals surface area (Å²) < 4.78 is 5.43. The topological polar surface area (TPSA) is 106 Å². The van der Waals surface area contributed by atoms with Gasteiger partial charge in [0.05, 0.1) is 12.5 Å². The third kappa shape index (κ3) is 4.31. The molecule has 2 heterocycles. The van der Waals surface area contributed by atoms with Gasteiger partial charge in [-0.2, -0.15) is 5.26 Å². The van der Waals surface area contributed by atoms with Crippen molar-refractivity contribution < 1.29 is 19.4 Å². The van der Waals surface area contributed by atoms with E-state index in [9.17, 15) is 14.7 Å². The summed E-state index contributed by atoms with van der Waals surface area (Å²) in [4.78, 5) is 27.6. The summed E-state index contributed by atoms with van der Waals surface area (Å²) in [5.74, 6) is -0.683. The Kier molecular flexibility index (Phi) is 5.38. The van der Waals surface area contributed by atoms with Crippen molar-refractivity contribution in [3.63, 3.8) is 0 Å². The van der Waals surface area contributed by atoms with Crippen LogP contribution in [0.2, 0.25) is 0 Å². The van der Waals surface area contributed by atoms with E-state index in [1.165, 1.54) is 23.3 Å². The van der Waals surface area contributed by atoms with Gasteiger partial charge < -0.3 is 20.1 Å². The summed E-state index contributed by atoms with van der Waals surface area (Å²) in [6, 6.07) is 1.92. The van der Waals surface area contributed by atoms with E-state index >= 15 is 0 Å². The summed E-state index contributed by atoms with van der Waals surface area (Å²) in [7, 11) is 0. The highest BCUT2D eigenvalue weighted by molar-refractivity contribution is 5.82. The second-order valence-corrected chi connectivity index (χ2v) is 7.09. The Labute approximate surface area is 147 Å². The molecule has 1 fully saturated rings. The smallest absolute Gasteiger partial charge is 0.420 e. The van der Waals surface area contributed by atoms with Crippen molar-refractivity contribution >= 4 is 12.1 Å². The molecule has 0 radical (unpaired) electrons. The van der Waals surface area contributed by atoms with Crippen LogP contribution in [0.1, 0.15) is 27.2 Å². The fourth-order valence-electron chi connectivity index (χ4n) is 2.68. The Morgan fingerprint density at radius 1 is 1.40 bits per heavy atom. The lowest BCUT2D eigenvalue weighted by molar-refractivity contribution is -0.143. The first kappa shape index (κ1) is 18.8. The number of ether oxygens (including phenoxy) is 1. The SMILES string of the molecule is CC(C)(C)OC(=O)N1C=CC(CC#N)(C(=O)O)C=C1N1CCNCC1. The molecule has 1 amide bonds. The van der Waals surface area contributed by atoms with Crippen molar-refractivity contribution in [1.82, 2.24) is 15.1 Å². The molecule has 1 atom stereocenters. The molecule has 2 N–H and O–H groups in total. The van der Waals surface area contributed by atoms with E-state index < -0.39 is 23.1 Å². The quantitative estimate of drug-likeness (QED) is 0.796. The Balaban J connectivity index is 2.40. The molecule has 0 saturated carbocycles. The summed E-state index contributed by atoms with van der Waals surface area (Å²) in [6.07, 6.45) is 3.46. The lowest BCUT2D eigenvalue weighted by Gasteiger charge is -2.40. The zero-order chi connectivity index (χ0) is 18.7. The maximum Gasteiger partial charge on any atom is 0.420 e. The average Bonchev–Trinajstić information content (AvgIpc) is 2.54. The first-order valence-electron chi connectivity index (χ1n) is 8.19. The van der Waals surface area contributed by atoms with E-state index in [0.29, 0.717) is 18.9 Å². The molecule has 1 saturated heterocycles. The number of carboxylic acids is 1. The van der Waals surface area contributed by atoms with Gasteiger partial charge in [-0.3, -0.25) is 4.79 Å². The van der Waals surface area contributed by atoms with Crippen LogP contribution >= 0.6 is 0 Å². The summed E-state index contributed by atoms with van der Waals surface area (Å²) in [5.41, 5.74) is -2.12. The van der Waals surface area contributed by atoms with Crippen LogP contribution in [-0.2, 0) is 9.53 Å². The minimum atomic E-state index is -1.45. The highest BCUT2D eigenvalue weighted by Gasteiger charge is 2.41. The van der Waals surface area contributed by atoms with Gasteiger partial charge >= 0.3 is 12.1 Å².